The number of rotatable bonds is 7. The molecule has 0 saturated carbocycles. The second kappa shape index (κ2) is 9.29. The van der Waals surface area contributed by atoms with E-state index in [0.29, 0.717) is 28.0 Å². The lowest BCUT2D eigenvalue weighted by Gasteiger charge is -2.28. The Labute approximate surface area is 196 Å². The third kappa shape index (κ3) is 4.06. The van der Waals surface area contributed by atoms with Crippen molar-refractivity contribution in [2.24, 2.45) is 0 Å². The molecule has 1 heterocycles. The van der Waals surface area contributed by atoms with Crippen LogP contribution in [0.2, 0.25) is 0 Å². The number of nitrogens with zero attached hydrogens (tertiary/aromatic N) is 1. The van der Waals surface area contributed by atoms with Crippen LogP contribution in [0.15, 0.2) is 90.5 Å². The SMILES string of the molecule is COC(=O)[C@@]1(c2ccc(OC)cc2)C=C(C(=O)c2ccccc2)[C@H](c2ccc([N+](=O)[O-])cc2)N1. The molecular weight excluding hydrogens is 436 g/mol. The molecule has 0 aliphatic carbocycles. The van der Waals surface area contributed by atoms with Crippen LogP contribution >= 0.6 is 0 Å². The summed E-state index contributed by atoms with van der Waals surface area (Å²) in [5.74, 6) is -0.255. The minimum Gasteiger partial charge on any atom is -0.497 e. The predicted octanol–water partition coefficient (Wildman–Crippen LogP) is 4.13. The summed E-state index contributed by atoms with van der Waals surface area (Å²) in [4.78, 5) is 37.3. The van der Waals surface area contributed by atoms with E-state index in [2.05, 4.69) is 5.32 Å². The molecule has 8 heteroatoms. The Hall–Kier alpha value is -4.30. The molecular formula is C26H22N2O6. The highest BCUT2D eigenvalue weighted by Crippen LogP contribution is 2.41. The predicted molar refractivity (Wildman–Crippen MR) is 125 cm³/mol. The summed E-state index contributed by atoms with van der Waals surface area (Å²) in [6, 6.07) is 20.8. The van der Waals surface area contributed by atoms with Crippen LogP contribution in [-0.4, -0.2) is 30.9 Å². The van der Waals surface area contributed by atoms with Crippen molar-refractivity contribution in [3.05, 3.63) is 117 Å². The smallest absolute Gasteiger partial charge is 0.334 e. The Morgan fingerprint density at radius 3 is 2.15 bits per heavy atom. The van der Waals surface area contributed by atoms with Gasteiger partial charge in [-0.2, -0.15) is 0 Å². The Bertz CT molecular complexity index is 1250. The van der Waals surface area contributed by atoms with Crippen molar-refractivity contribution >= 4 is 17.4 Å². The quantitative estimate of drug-likeness (QED) is 0.245. The van der Waals surface area contributed by atoms with E-state index in [4.69, 9.17) is 9.47 Å². The molecule has 4 rings (SSSR count). The van der Waals surface area contributed by atoms with Gasteiger partial charge in [0.1, 0.15) is 5.75 Å². The highest BCUT2D eigenvalue weighted by Gasteiger charge is 2.49. The topological polar surface area (TPSA) is 108 Å². The fraction of sp³-hybridized carbons (Fsp3) is 0.154. The maximum Gasteiger partial charge on any atom is 0.334 e. The van der Waals surface area contributed by atoms with Gasteiger partial charge in [-0.1, -0.05) is 54.6 Å². The van der Waals surface area contributed by atoms with Crippen molar-refractivity contribution in [3.63, 3.8) is 0 Å². The van der Waals surface area contributed by atoms with Crippen molar-refractivity contribution in [1.82, 2.24) is 5.32 Å². The summed E-state index contributed by atoms with van der Waals surface area (Å²) in [6.45, 7) is 0. The van der Waals surface area contributed by atoms with Crippen molar-refractivity contribution in [3.8, 4) is 5.75 Å². The number of ketones is 1. The number of ether oxygens (including phenoxy) is 2. The zero-order valence-electron chi connectivity index (χ0n) is 18.6. The van der Waals surface area contributed by atoms with Gasteiger partial charge in [0.25, 0.3) is 5.69 Å². The molecule has 172 valence electrons. The molecule has 1 aliphatic heterocycles. The molecule has 0 aromatic heterocycles. The summed E-state index contributed by atoms with van der Waals surface area (Å²) < 4.78 is 10.4. The third-order valence-electron chi connectivity index (χ3n) is 5.84. The van der Waals surface area contributed by atoms with Gasteiger partial charge in [0, 0.05) is 23.3 Å². The molecule has 8 nitrogen and oxygen atoms in total. The van der Waals surface area contributed by atoms with Gasteiger partial charge < -0.3 is 9.47 Å². The number of nitrogens with one attached hydrogen (secondary N) is 1. The number of benzene rings is 3. The van der Waals surface area contributed by atoms with Gasteiger partial charge in [-0.15, -0.1) is 0 Å². The van der Waals surface area contributed by atoms with E-state index in [0.717, 1.165) is 0 Å². The summed E-state index contributed by atoms with van der Waals surface area (Å²) in [5, 5.41) is 14.4. The van der Waals surface area contributed by atoms with Gasteiger partial charge in [-0.05, 0) is 29.3 Å². The average Bonchev–Trinajstić information content (AvgIpc) is 3.30. The average molecular weight is 458 g/mol. The van der Waals surface area contributed by atoms with Gasteiger partial charge in [0.2, 0.25) is 0 Å². The van der Waals surface area contributed by atoms with Crippen LogP contribution in [0, 0.1) is 10.1 Å². The first-order chi connectivity index (χ1) is 16.4. The Morgan fingerprint density at radius 1 is 0.941 bits per heavy atom. The molecule has 0 fully saturated rings. The van der Waals surface area contributed by atoms with Crippen molar-refractivity contribution in [1.29, 1.82) is 0 Å². The van der Waals surface area contributed by atoms with Crippen LogP contribution in [0.5, 0.6) is 5.75 Å². The molecule has 0 saturated heterocycles. The zero-order chi connectivity index (χ0) is 24.3. The molecule has 0 amide bonds. The molecule has 34 heavy (non-hydrogen) atoms. The first kappa shape index (κ1) is 22.9. The highest BCUT2D eigenvalue weighted by atomic mass is 16.6. The summed E-state index contributed by atoms with van der Waals surface area (Å²) >= 11 is 0. The van der Waals surface area contributed by atoms with Crippen LogP contribution in [-0.2, 0) is 15.1 Å². The van der Waals surface area contributed by atoms with Crippen LogP contribution in [0.25, 0.3) is 0 Å². The van der Waals surface area contributed by atoms with E-state index in [1.54, 1.807) is 73.8 Å². The fourth-order valence-electron chi connectivity index (χ4n) is 4.09. The molecule has 1 aliphatic rings. The number of non-ortho nitro benzene ring substituents is 1. The number of methoxy groups -OCH3 is 2. The number of Topliss-reactive ketones (excluding diaryl/α,β-unsaturated/α-hetero) is 1. The van der Waals surface area contributed by atoms with Crippen LogP contribution in [0.1, 0.15) is 27.5 Å². The van der Waals surface area contributed by atoms with Crippen LogP contribution < -0.4 is 10.1 Å². The second-order valence-electron chi connectivity index (χ2n) is 7.75. The molecule has 0 unspecified atom stereocenters. The first-order valence-electron chi connectivity index (χ1n) is 10.5. The van der Waals surface area contributed by atoms with Crippen molar-refractivity contribution < 1.29 is 24.0 Å². The van der Waals surface area contributed by atoms with Gasteiger partial charge >= 0.3 is 5.97 Å². The van der Waals surface area contributed by atoms with E-state index in [1.807, 2.05) is 6.07 Å². The van der Waals surface area contributed by atoms with Gasteiger partial charge in [0.15, 0.2) is 11.3 Å². The number of hydrogen-bond donors (Lipinski definition) is 1. The van der Waals surface area contributed by atoms with E-state index in [9.17, 15) is 19.7 Å². The number of nitro benzene ring substituents is 1. The number of nitro groups is 1. The molecule has 2 atom stereocenters. The van der Waals surface area contributed by atoms with Crippen molar-refractivity contribution in [2.75, 3.05) is 14.2 Å². The van der Waals surface area contributed by atoms with Gasteiger partial charge in [-0.25, -0.2) is 4.79 Å². The molecule has 0 bridgehead atoms. The minimum absolute atomic E-state index is 0.0731. The van der Waals surface area contributed by atoms with Gasteiger partial charge in [-0.3, -0.25) is 20.2 Å². The molecule has 0 spiro atoms. The monoisotopic (exact) mass is 458 g/mol. The second-order valence-corrected chi connectivity index (χ2v) is 7.75. The number of hydrogen-bond acceptors (Lipinski definition) is 7. The lowest BCUT2D eigenvalue weighted by Crippen LogP contribution is -2.46. The standard InChI is InChI=1S/C26H22N2O6/c1-33-21-14-10-19(11-15-21)26(25(30)34-2)16-22(24(29)18-6-4-3-5-7-18)23(27-26)17-8-12-20(13-9-17)28(31)32/h3-16,23,27H,1-2H3/t23-,26-/m0/s1. The lowest BCUT2D eigenvalue weighted by molar-refractivity contribution is -0.384. The maximum absolute atomic E-state index is 13.5. The largest absolute Gasteiger partial charge is 0.497 e. The first-order valence-corrected chi connectivity index (χ1v) is 10.5. The van der Waals surface area contributed by atoms with Crippen LogP contribution in [0.3, 0.4) is 0 Å². The normalized spacial score (nSPS) is 19.2. The maximum atomic E-state index is 13.5. The van der Waals surface area contributed by atoms with E-state index >= 15 is 0 Å². The molecule has 3 aromatic carbocycles. The Kier molecular flexibility index (Phi) is 6.25. The number of carbonyl (C=O) groups excluding carboxylic acids is 2. The van der Waals surface area contributed by atoms with E-state index < -0.39 is 22.5 Å². The molecule has 0 radical (unpaired) electrons. The fourth-order valence-corrected chi connectivity index (χ4v) is 4.09. The lowest BCUT2D eigenvalue weighted by atomic mass is 9.89. The zero-order valence-corrected chi connectivity index (χ0v) is 18.6. The Morgan fingerprint density at radius 2 is 1.59 bits per heavy atom. The Balaban J connectivity index is 1.87. The number of esters is 1. The van der Waals surface area contributed by atoms with E-state index in [-0.39, 0.29) is 11.5 Å². The minimum atomic E-state index is -1.45. The third-order valence-corrected chi connectivity index (χ3v) is 5.84. The molecule has 3 aromatic rings. The van der Waals surface area contributed by atoms with E-state index in [1.165, 1.54) is 19.2 Å². The van der Waals surface area contributed by atoms with Gasteiger partial charge in [0.05, 0.1) is 25.2 Å². The number of carbonyl (C=O) groups is 2. The molecule has 1 N–H and O–H groups in total. The highest BCUT2D eigenvalue weighted by molar-refractivity contribution is 6.11. The summed E-state index contributed by atoms with van der Waals surface area (Å²) in [6.07, 6.45) is 1.59. The van der Waals surface area contributed by atoms with Crippen LogP contribution in [0.4, 0.5) is 5.69 Å². The summed E-state index contributed by atoms with van der Waals surface area (Å²) in [7, 11) is 2.82. The summed E-state index contributed by atoms with van der Waals surface area (Å²) in [5.41, 5.74) is 0.422. The van der Waals surface area contributed by atoms with Crippen molar-refractivity contribution in [2.45, 2.75) is 11.6 Å².